The van der Waals surface area contributed by atoms with Gasteiger partial charge in [0, 0.05) is 7.11 Å². The summed E-state index contributed by atoms with van der Waals surface area (Å²) in [5.74, 6) is 5.63. The predicted octanol–water partition coefficient (Wildman–Crippen LogP) is 9.07. The molecule has 0 saturated heterocycles. The zero-order valence-corrected chi connectivity index (χ0v) is 22.3. The molecular weight excluding hydrogens is 376 g/mol. The summed E-state index contributed by atoms with van der Waals surface area (Å²) in [6, 6.07) is 0. The van der Waals surface area contributed by atoms with Crippen molar-refractivity contribution in [2.24, 2.45) is 46.3 Å². The zero-order valence-electron chi connectivity index (χ0n) is 22.3. The maximum absolute atomic E-state index is 5.75. The van der Waals surface area contributed by atoms with Gasteiger partial charge in [-0.2, -0.15) is 0 Å². The highest BCUT2D eigenvalue weighted by molar-refractivity contribution is 5.25. The Morgan fingerprint density at radius 3 is 2.39 bits per heavy atom. The van der Waals surface area contributed by atoms with Crippen LogP contribution in [0.1, 0.15) is 119 Å². The number of methoxy groups -OCH3 is 1. The van der Waals surface area contributed by atoms with Gasteiger partial charge in [0.1, 0.15) is 0 Å². The second-order valence-corrected chi connectivity index (χ2v) is 12.4. The highest BCUT2D eigenvalue weighted by Crippen LogP contribution is 2.67. The zero-order chi connectivity index (χ0) is 22.8. The summed E-state index contributed by atoms with van der Waals surface area (Å²) in [4.78, 5) is 0. The van der Waals surface area contributed by atoms with E-state index in [0.29, 0.717) is 16.9 Å². The largest absolute Gasteiger partial charge is 0.381 e. The van der Waals surface area contributed by atoms with Crippen LogP contribution in [0.15, 0.2) is 11.6 Å². The first-order valence-corrected chi connectivity index (χ1v) is 14.0. The molecule has 1 heteroatoms. The summed E-state index contributed by atoms with van der Waals surface area (Å²) in [5, 5.41) is 0. The average molecular weight is 431 g/mol. The monoisotopic (exact) mass is 430 g/mol. The van der Waals surface area contributed by atoms with Crippen molar-refractivity contribution >= 4 is 0 Å². The summed E-state index contributed by atoms with van der Waals surface area (Å²) in [7, 11) is 1.91. The highest BCUT2D eigenvalue weighted by atomic mass is 16.5. The fourth-order valence-corrected chi connectivity index (χ4v) is 8.85. The molecule has 0 spiro atoms. The number of hydrogen-bond acceptors (Lipinski definition) is 1. The van der Waals surface area contributed by atoms with Crippen LogP contribution in [-0.2, 0) is 4.74 Å². The molecule has 3 fully saturated rings. The lowest BCUT2D eigenvalue weighted by Gasteiger charge is -2.58. The molecule has 0 aliphatic heterocycles. The molecule has 0 N–H and O–H groups in total. The highest BCUT2D eigenvalue weighted by Gasteiger charge is 2.59. The van der Waals surface area contributed by atoms with Gasteiger partial charge >= 0.3 is 0 Å². The molecule has 1 nitrogen and oxygen atoms in total. The van der Waals surface area contributed by atoms with E-state index in [1.54, 1.807) is 5.57 Å². The molecule has 0 bridgehead atoms. The standard InChI is InChI=1S/C28H48O.C2H6/c1-19(2)8-7-9-20(3)24-12-13-25-23-11-10-21-18-22(29-6)14-16-27(21,4)26(23)15-17-28(24,25)5;1-2/h10,19-20,22-26H,7-9,11-18H2,1-6H3;1-2H3/t20-,22?,23?,24?,25+,26+,27?,28?;/m1./s1. The van der Waals surface area contributed by atoms with Gasteiger partial charge in [-0.3, -0.25) is 0 Å². The molecule has 0 aromatic heterocycles. The Bertz CT molecular complexity index is 606. The van der Waals surface area contributed by atoms with Crippen molar-refractivity contribution in [1.29, 1.82) is 0 Å². The molecular formula is C30H54O. The molecule has 180 valence electrons. The summed E-state index contributed by atoms with van der Waals surface area (Å²) in [6.07, 6.45) is 18.7. The Balaban J connectivity index is 0.00000132. The number of hydrogen-bond donors (Lipinski definition) is 0. The molecule has 5 unspecified atom stereocenters. The van der Waals surface area contributed by atoms with Crippen molar-refractivity contribution < 1.29 is 4.74 Å². The van der Waals surface area contributed by atoms with Gasteiger partial charge in [0.25, 0.3) is 0 Å². The van der Waals surface area contributed by atoms with Gasteiger partial charge < -0.3 is 4.74 Å². The summed E-state index contributed by atoms with van der Waals surface area (Å²) >= 11 is 0. The third-order valence-electron chi connectivity index (χ3n) is 10.6. The minimum Gasteiger partial charge on any atom is -0.381 e. The number of allylic oxidation sites excluding steroid dienone is 1. The van der Waals surface area contributed by atoms with E-state index in [0.717, 1.165) is 35.5 Å². The predicted molar refractivity (Wildman–Crippen MR) is 135 cm³/mol. The van der Waals surface area contributed by atoms with Crippen LogP contribution in [0.2, 0.25) is 0 Å². The van der Waals surface area contributed by atoms with Gasteiger partial charge in [-0.05, 0) is 97.7 Å². The Labute approximate surface area is 195 Å². The van der Waals surface area contributed by atoms with E-state index in [1.165, 1.54) is 70.6 Å². The van der Waals surface area contributed by atoms with E-state index in [2.05, 4.69) is 40.7 Å². The summed E-state index contributed by atoms with van der Waals surface area (Å²) < 4.78 is 5.75. The van der Waals surface area contributed by atoms with Crippen molar-refractivity contribution in [3.63, 3.8) is 0 Å². The fraction of sp³-hybridized carbons (Fsp3) is 0.933. The van der Waals surface area contributed by atoms with E-state index >= 15 is 0 Å². The SMILES string of the molecule is CC.COC1CCC2(C)C(=CCC3[C@@H]2CCC2(C)C([C@H](C)CCCC(C)C)CC[C@@H]32)C1. The molecule has 8 atom stereocenters. The molecule has 3 saturated carbocycles. The molecule has 0 radical (unpaired) electrons. The van der Waals surface area contributed by atoms with Gasteiger partial charge in [0.15, 0.2) is 0 Å². The van der Waals surface area contributed by atoms with Gasteiger partial charge in [0.2, 0.25) is 0 Å². The van der Waals surface area contributed by atoms with E-state index < -0.39 is 0 Å². The van der Waals surface area contributed by atoms with E-state index in [9.17, 15) is 0 Å². The minimum absolute atomic E-state index is 0.472. The Hall–Kier alpha value is -0.300. The Morgan fingerprint density at radius 2 is 1.71 bits per heavy atom. The molecule has 4 aliphatic carbocycles. The van der Waals surface area contributed by atoms with E-state index in [4.69, 9.17) is 4.74 Å². The van der Waals surface area contributed by atoms with Crippen LogP contribution in [0, 0.1) is 46.3 Å². The van der Waals surface area contributed by atoms with Crippen molar-refractivity contribution in [3.8, 4) is 0 Å². The first-order valence-electron chi connectivity index (χ1n) is 14.0. The fourth-order valence-electron chi connectivity index (χ4n) is 8.85. The third kappa shape index (κ3) is 4.69. The van der Waals surface area contributed by atoms with Crippen LogP contribution in [-0.4, -0.2) is 13.2 Å². The van der Waals surface area contributed by atoms with Crippen molar-refractivity contribution in [1.82, 2.24) is 0 Å². The lowest BCUT2D eigenvalue weighted by Crippen LogP contribution is -2.50. The lowest BCUT2D eigenvalue weighted by atomic mass is 9.47. The van der Waals surface area contributed by atoms with Crippen LogP contribution in [0.4, 0.5) is 0 Å². The molecule has 0 aromatic carbocycles. The normalized spacial score (nSPS) is 42.6. The van der Waals surface area contributed by atoms with Gasteiger partial charge in [-0.1, -0.05) is 79.4 Å². The van der Waals surface area contributed by atoms with E-state index in [-0.39, 0.29) is 0 Å². The van der Waals surface area contributed by atoms with Gasteiger partial charge in [-0.15, -0.1) is 0 Å². The third-order valence-corrected chi connectivity index (χ3v) is 10.6. The van der Waals surface area contributed by atoms with Crippen LogP contribution >= 0.6 is 0 Å². The smallest absolute Gasteiger partial charge is 0.0608 e. The minimum atomic E-state index is 0.472. The van der Waals surface area contributed by atoms with Gasteiger partial charge in [0.05, 0.1) is 6.10 Å². The second kappa shape index (κ2) is 10.3. The van der Waals surface area contributed by atoms with Crippen LogP contribution in [0.3, 0.4) is 0 Å². The topological polar surface area (TPSA) is 9.23 Å². The molecule has 0 heterocycles. The molecule has 0 aromatic rings. The molecule has 4 aliphatic rings. The second-order valence-electron chi connectivity index (χ2n) is 12.4. The van der Waals surface area contributed by atoms with E-state index in [1.807, 2.05) is 21.0 Å². The number of ether oxygens (including phenoxy) is 1. The first kappa shape index (κ1) is 25.3. The molecule has 4 rings (SSSR count). The number of rotatable bonds is 6. The Morgan fingerprint density at radius 1 is 0.968 bits per heavy atom. The molecule has 0 amide bonds. The first-order chi connectivity index (χ1) is 14.8. The van der Waals surface area contributed by atoms with Crippen LogP contribution in [0.25, 0.3) is 0 Å². The van der Waals surface area contributed by atoms with Crippen molar-refractivity contribution in [3.05, 3.63) is 11.6 Å². The summed E-state index contributed by atoms with van der Waals surface area (Å²) in [6.45, 7) is 16.7. The molecule has 31 heavy (non-hydrogen) atoms. The van der Waals surface area contributed by atoms with Crippen LogP contribution in [0.5, 0.6) is 0 Å². The van der Waals surface area contributed by atoms with Crippen LogP contribution < -0.4 is 0 Å². The number of fused-ring (bicyclic) bond motifs is 5. The van der Waals surface area contributed by atoms with Gasteiger partial charge in [-0.25, -0.2) is 0 Å². The lowest BCUT2D eigenvalue weighted by molar-refractivity contribution is -0.0601. The van der Waals surface area contributed by atoms with Crippen molar-refractivity contribution in [2.45, 2.75) is 125 Å². The average Bonchev–Trinajstić information content (AvgIpc) is 3.11. The maximum Gasteiger partial charge on any atom is 0.0608 e. The Kier molecular flexibility index (Phi) is 8.43. The summed E-state index contributed by atoms with van der Waals surface area (Å²) in [5.41, 5.74) is 2.85. The van der Waals surface area contributed by atoms with Crippen molar-refractivity contribution in [2.75, 3.05) is 7.11 Å². The quantitative estimate of drug-likeness (QED) is 0.382. The maximum atomic E-state index is 5.75.